The van der Waals surface area contributed by atoms with Crippen LogP contribution >= 0.6 is 0 Å². The van der Waals surface area contributed by atoms with E-state index in [-0.39, 0.29) is 12.5 Å². The van der Waals surface area contributed by atoms with E-state index in [1.54, 1.807) is 7.05 Å². The van der Waals surface area contributed by atoms with Crippen molar-refractivity contribution in [2.45, 2.75) is 20.0 Å². The summed E-state index contributed by atoms with van der Waals surface area (Å²) in [5.74, 6) is 0.461. The molecule has 0 spiro atoms. The first-order valence-corrected chi connectivity index (χ1v) is 11.0. The van der Waals surface area contributed by atoms with Crippen LogP contribution in [-0.2, 0) is 0 Å². The fraction of sp³-hybridized carbons (Fsp3) is 0.222. The number of nitrogens with zero attached hydrogens (tertiary/aromatic N) is 1. The van der Waals surface area contributed by atoms with Crippen molar-refractivity contribution >= 4 is 22.5 Å². The number of anilines is 1. The number of aliphatic hydroxyl groups is 1. The first-order chi connectivity index (χ1) is 16.0. The minimum absolute atomic E-state index is 0.137. The summed E-state index contributed by atoms with van der Waals surface area (Å²) >= 11 is 0. The van der Waals surface area contributed by atoms with Gasteiger partial charge in [-0.2, -0.15) is 0 Å². The number of rotatable bonds is 8. The first kappa shape index (κ1) is 22.4. The van der Waals surface area contributed by atoms with Gasteiger partial charge in [-0.05, 0) is 55.8 Å². The molecule has 170 valence electrons. The van der Waals surface area contributed by atoms with Gasteiger partial charge >= 0.3 is 0 Å². The lowest BCUT2D eigenvalue weighted by atomic mass is 10.1. The number of aromatic nitrogens is 1. The lowest BCUT2D eigenvalue weighted by molar-refractivity contribution is 0.0964. The summed E-state index contributed by atoms with van der Waals surface area (Å²) in [5.41, 5.74) is 5.51. The number of ether oxygens (including phenoxy) is 1. The molecule has 0 radical (unpaired) electrons. The molecule has 0 saturated heterocycles. The third kappa shape index (κ3) is 4.71. The minimum Gasteiger partial charge on any atom is -0.491 e. The maximum atomic E-state index is 12.8. The summed E-state index contributed by atoms with van der Waals surface area (Å²) in [6.45, 7) is 4.52. The second-order valence-electron chi connectivity index (χ2n) is 8.05. The molecule has 3 N–H and O–H groups in total. The molecule has 0 unspecified atom stereocenters. The zero-order valence-corrected chi connectivity index (χ0v) is 19.1. The molecule has 0 aliphatic rings. The highest BCUT2D eigenvalue weighted by Crippen LogP contribution is 2.33. The number of fused-ring (bicyclic) bond motifs is 1. The van der Waals surface area contributed by atoms with Crippen molar-refractivity contribution in [3.05, 3.63) is 89.6 Å². The van der Waals surface area contributed by atoms with Crippen molar-refractivity contribution in [3.8, 4) is 11.4 Å². The Morgan fingerprint density at radius 3 is 2.48 bits per heavy atom. The number of nitrogens with one attached hydrogen (secondary N) is 2. The standard InChI is InChI=1S/C27H29N3O3/c1-18-9-7-8-12-24(18)30-19(2)26(27(32)28-3)23-15-22(13-14-25(23)30)33-17-21(31)16-29-20-10-5-4-6-11-20/h4-15,21,29,31H,16-17H2,1-3H3,(H,28,32)/t21-/m1/s1. The molecule has 1 aromatic heterocycles. The molecule has 6 nitrogen and oxygen atoms in total. The van der Waals surface area contributed by atoms with E-state index in [1.165, 1.54) is 0 Å². The van der Waals surface area contributed by atoms with Crippen LogP contribution in [0, 0.1) is 13.8 Å². The predicted octanol–water partition coefficient (Wildman–Crippen LogP) is 4.46. The number of carbonyl (C=O) groups is 1. The Morgan fingerprint density at radius 2 is 1.76 bits per heavy atom. The molecule has 1 atom stereocenters. The molecule has 1 heterocycles. The molecule has 4 aromatic rings. The minimum atomic E-state index is -0.683. The molecule has 0 aliphatic carbocycles. The molecule has 0 aliphatic heterocycles. The Hall–Kier alpha value is -3.77. The van der Waals surface area contributed by atoms with Crippen molar-refractivity contribution in [1.82, 2.24) is 9.88 Å². The maximum absolute atomic E-state index is 12.8. The summed E-state index contributed by atoms with van der Waals surface area (Å²) in [7, 11) is 1.63. The molecule has 0 saturated carbocycles. The fourth-order valence-corrected chi connectivity index (χ4v) is 4.07. The van der Waals surface area contributed by atoms with E-state index in [1.807, 2.05) is 67.6 Å². The van der Waals surface area contributed by atoms with Crippen molar-refractivity contribution in [3.63, 3.8) is 0 Å². The van der Waals surface area contributed by atoms with Crippen LogP contribution in [-0.4, -0.2) is 41.9 Å². The Balaban J connectivity index is 1.60. The Bertz CT molecular complexity index is 1260. The lowest BCUT2D eigenvalue weighted by Gasteiger charge is -2.14. The van der Waals surface area contributed by atoms with Crippen LogP contribution in [0.1, 0.15) is 21.6 Å². The molecule has 0 fully saturated rings. The molecule has 0 bridgehead atoms. The molecule has 6 heteroatoms. The second kappa shape index (κ2) is 9.79. The van der Waals surface area contributed by atoms with E-state index in [9.17, 15) is 9.90 Å². The van der Waals surface area contributed by atoms with Gasteiger partial charge in [-0.1, -0.05) is 36.4 Å². The van der Waals surface area contributed by atoms with E-state index in [0.717, 1.165) is 33.5 Å². The van der Waals surface area contributed by atoms with E-state index < -0.39 is 6.10 Å². The topological polar surface area (TPSA) is 75.5 Å². The van der Waals surface area contributed by atoms with Crippen LogP contribution < -0.4 is 15.4 Å². The Morgan fingerprint density at radius 1 is 1.03 bits per heavy atom. The predicted molar refractivity (Wildman–Crippen MR) is 133 cm³/mol. The van der Waals surface area contributed by atoms with Crippen molar-refractivity contribution < 1.29 is 14.6 Å². The van der Waals surface area contributed by atoms with Crippen LogP contribution in [0.4, 0.5) is 5.69 Å². The van der Waals surface area contributed by atoms with Gasteiger partial charge in [0.25, 0.3) is 5.91 Å². The molecule has 3 aromatic carbocycles. The maximum Gasteiger partial charge on any atom is 0.253 e. The first-order valence-electron chi connectivity index (χ1n) is 11.0. The quantitative estimate of drug-likeness (QED) is 0.376. The third-order valence-electron chi connectivity index (χ3n) is 5.74. The van der Waals surface area contributed by atoms with Gasteiger partial charge in [0.15, 0.2) is 0 Å². The molecule has 1 amide bonds. The Kier molecular flexibility index (Phi) is 6.66. The van der Waals surface area contributed by atoms with E-state index in [0.29, 0.717) is 17.9 Å². The average molecular weight is 444 g/mol. The van der Waals surface area contributed by atoms with Crippen LogP contribution in [0.3, 0.4) is 0 Å². The van der Waals surface area contributed by atoms with Gasteiger partial charge in [0.1, 0.15) is 18.5 Å². The van der Waals surface area contributed by atoms with E-state index in [4.69, 9.17) is 4.74 Å². The largest absolute Gasteiger partial charge is 0.491 e. The Labute approximate surface area is 193 Å². The average Bonchev–Trinajstić information content (AvgIpc) is 3.12. The highest BCUT2D eigenvalue weighted by Gasteiger charge is 2.21. The van der Waals surface area contributed by atoms with Gasteiger partial charge in [0.2, 0.25) is 0 Å². The number of hydrogen-bond acceptors (Lipinski definition) is 4. The number of carbonyl (C=O) groups excluding carboxylic acids is 1. The number of hydrogen-bond donors (Lipinski definition) is 3. The van der Waals surface area contributed by atoms with Crippen LogP contribution in [0.25, 0.3) is 16.6 Å². The summed E-state index contributed by atoms with van der Waals surface area (Å²) in [6.07, 6.45) is -0.683. The SMILES string of the molecule is CNC(=O)c1c(C)n(-c2ccccc2C)c2ccc(OC[C@H](O)CNc3ccccc3)cc12. The molecule has 4 rings (SSSR count). The van der Waals surface area contributed by atoms with Gasteiger partial charge in [0.05, 0.1) is 11.1 Å². The fourth-order valence-electron chi connectivity index (χ4n) is 4.07. The van der Waals surface area contributed by atoms with Gasteiger partial charge in [-0.15, -0.1) is 0 Å². The zero-order chi connectivity index (χ0) is 23.4. The van der Waals surface area contributed by atoms with Crippen LogP contribution in [0.5, 0.6) is 5.75 Å². The highest BCUT2D eigenvalue weighted by molar-refractivity contribution is 6.09. The van der Waals surface area contributed by atoms with Gasteiger partial charge in [-0.25, -0.2) is 0 Å². The number of amides is 1. The van der Waals surface area contributed by atoms with Gasteiger partial charge in [0, 0.05) is 36.0 Å². The van der Waals surface area contributed by atoms with Crippen LogP contribution in [0.15, 0.2) is 72.8 Å². The summed E-state index contributed by atoms with van der Waals surface area (Å²) in [6, 6.07) is 23.5. The van der Waals surface area contributed by atoms with E-state index in [2.05, 4.69) is 34.3 Å². The van der Waals surface area contributed by atoms with Crippen LogP contribution in [0.2, 0.25) is 0 Å². The lowest BCUT2D eigenvalue weighted by Crippen LogP contribution is -2.26. The van der Waals surface area contributed by atoms with Crippen molar-refractivity contribution in [1.29, 1.82) is 0 Å². The van der Waals surface area contributed by atoms with Crippen molar-refractivity contribution in [2.75, 3.05) is 25.5 Å². The normalized spacial score (nSPS) is 11.9. The molecular formula is C27H29N3O3. The number of aryl methyl sites for hydroxylation is 1. The number of aliphatic hydroxyl groups excluding tert-OH is 1. The zero-order valence-electron chi connectivity index (χ0n) is 19.1. The summed E-state index contributed by atoms with van der Waals surface area (Å²) in [5, 5.41) is 17.1. The molecular weight excluding hydrogens is 414 g/mol. The number of benzene rings is 3. The van der Waals surface area contributed by atoms with Crippen molar-refractivity contribution in [2.24, 2.45) is 0 Å². The number of para-hydroxylation sites is 2. The third-order valence-corrected chi connectivity index (χ3v) is 5.74. The smallest absolute Gasteiger partial charge is 0.253 e. The summed E-state index contributed by atoms with van der Waals surface area (Å²) in [4.78, 5) is 12.8. The molecule has 33 heavy (non-hydrogen) atoms. The second-order valence-corrected chi connectivity index (χ2v) is 8.05. The summed E-state index contributed by atoms with van der Waals surface area (Å²) < 4.78 is 7.99. The highest BCUT2D eigenvalue weighted by atomic mass is 16.5. The van der Waals surface area contributed by atoms with E-state index >= 15 is 0 Å². The monoisotopic (exact) mass is 443 g/mol. The van der Waals surface area contributed by atoms with Gasteiger partial charge in [-0.3, -0.25) is 4.79 Å². The van der Waals surface area contributed by atoms with Gasteiger partial charge < -0.3 is 25.0 Å².